The SMILES string of the molecule is COc1ccc(CNC(=O)C2CCCN2)cc1OC1CCCC1.Cl. The van der Waals surface area contributed by atoms with Crippen LogP contribution >= 0.6 is 12.4 Å². The molecule has 1 amide bonds. The molecule has 1 unspecified atom stereocenters. The summed E-state index contributed by atoms with van der Waals surface area (Å²) < 4.78 is 11.5. The average molecular weight is 355 g/mol. The van der Waals surface area contributed by atoms with E-state index in [-0.39, 0.29) is 30.5 Å². The summed E-state index contributed by atoms with van der Waals surface area (Å²) in [5.41, 5.74) is 1.03. The fourth-order valence-electron chi connectivity index (χ4n) is 3.33. The third-order valence-electron chi connectivity index (χ3n) is 4.67. The van der Waals surface area contributed by atoms with Crippen molar-refractivity contribution in [1.82, 2.24) is 10.6 Å². The van der Waals surface area contributed by atoms with Crippen LogP contribution in [0.4, 0.5) is 0 Å². The average Bonchev–Trinajstić information content (AvgIpc) is 3.26. The fourth-order valence-corrected chi connectivity index (χ4v) is 3.33. The molecule has 24 heavy (non-hydrogen) atoms. The van der Waals surface area contributed by atoms with Crippen molar-refractivity contribution in [2.24, 2.45) is 0 Å². The minimum absolute atomic E-state index is 0. The lowest BCUT2D eigenvalue weighted by molar-refractivity contribution is -0.122. The van der Waals surface area contributed by atoms with Crippen LogP contribution in [-0.4, -0.2) is 31.7 Å². The minimum Gasteiger partial charge on any atom is -0.493 e. The molecular formula is C18H27ClN2O3. The van der Waals surface area contributed by atoms with E-state index in [2.05, 4.69) is 10.6 Å². The largest absolute Gasteiger partial charge is 0.493 e. The van der Waals surface area contributed by atoms with Crippen LogP contribution in [0.5, 0.6) is 11.5 Å². The van der Waals surface area contributed by atoms with Gasteiger partial charge in [-0.3, -0.25) is 4.79 Å². The van der Waals surface area contributed by atoms with E-state index in [4.69, 9.17) is 9.47 Å². The van der Waals surface area contributed by atoms with Gasteiger partial charge in [0.2, 0.25) is 5.91 Å². The number of nitrogens with one attached hydrogen (secondary N) is 2. The van der Waals surface area contributed by atoms with Gasteiger partial charge >= 0.3 is 0 Å². The summed E-state index contributed by atoms with van der Waals surface area (Å²) in [6.45, 7) is 1.45. The number of rotatable bonds is 6. The highest BCUT2D eigenvalue weighted by atomic mass is 35.5. The predicted molar refractivity (Wildman–Crippen MR) is 96.0 cm³/mol. The van der Waals surface area contributed by atoms with E-state index < -0.39 is 0 Å². The third-order valence-corrected chi connectivity index (χ3v) is 4.67. The maximum absolute atomic E-state index is 12.1. The Morgan fingerprint density at radius 2 is 2.00 bits per heavy atom. The van der Waals surface area contributed by atoms with Gasteiger partial charge in [-0.05, 0) is 62.8 Å². The summed E-state index contributed by atoms with van der Waals surface area (Å²) in [7, 11) is 1.66. The van der Waals surface area contributed by atoms with Gasteiger partial charge in [-0.1, -0.05) is 6.07 Å². The molecule has 1 heterocycles. The monoisotopic (exact) mass is 354 g/mol. The van der Waals surface area contributed by atoms with Crippen molar-refractivity contribution in [3.05, 3.63) is 23.8 Å². The molecule has 0 radical (unpaired) electrons. The molecule has 1 aromatic rings. The van der Waals surface area contributed by atoms with Gasteiger partial charge in [0.1, 0.15) is 0 Å². The lowest BCUT2D eigenvalue weighted by Crippen LogP contribution is -2.39. The van der Waals surface area contributed by atoms with Gasteiger partial charge in [0, 0.05) is 6.54 Å². The van der Waals surface area contributed by atoms with E-state index >= 15 is 0 Å². The van der Waals surface area contributed by atoms with Crippen LogP contribution in [0.15, 0.2) is 18.2 Å². The van der Waals surface area contributed by atoms with Crippen LogP contribution in [0.2, 0.25) is 0 Å². The van der Waals surface area contributed by atoms with E-state index in [9.17, 15) is 4.79 Å². The molecule has 0 aromatic heterocycles. The normalized spacial score (nSPS) is 20.5. The quantitative estimate of drug-likeness (QED) is 0.824. The molecule has 2 fully saturated rings. The fraction of sp³-hybridized carbons (Fsp3) is 0.611. The molecule has 1 aromatic carbocycles. The Balaban J connectivity index is 0.00000208. The molecular weight excluding hydrogens is 328 g/mol. The molecule has 1 aliphatic carbocycles. The number of carbonyl (C=O) groups is 1. The Hall–Kier alpha value is -1.46. The van der Waals surface area contributed by atoms with Crippen molar-refractivity contribution in [2.75, 3.05) is 13.7 Å². The Labute approximate surface area is 149 Å². The first kappa shape index (κ1) is 18.9. The van der Waals surface area contributed by atoms with E-state index in [1.807, 2.05) is 18.2 Å². The van der Waals surface area contributed by atoms with Gasteiger partial charge in [-0.25, -0.2) is 0 Å². The molecule has 1 atom stereocenters. The first-order valence-corrected chi connectivity index (χ1v) is 8.61. The highest BCUT2D eigenvalue weighted by molar-refractivity contribution is 5.85. The molecule has 5 nitrogen and oxygen atoms in total. The van der Waals surface area contributed by atoms with Crippen LogP contribution < -0.4 is 20.1 Å². The molecule has 3 rings (SSSR count). The highest BCUT2D eigenvalue weighted by Gasteiger charge is 2.22. The van der Waals surface area contributed by atoms with Gasteiger partial charge < -0.3 is 20.1 Å². The summed E-state index contributed by atoms with van der Waals surface area (Å²) in [5, 5.41) is 6.22. The van der Waals surface area contributed by atoms with Crippen LogP contribution in [0.1, 0.15) is 44.1 Å². The zero-order valence-corrected chi connectivity index (χ0v) is 15.0. The van der Waals surface area contributed by atoms with Gasteiger partial charge in [0.15, 0.2) is 11.5 Å². The zero-order chi connectivity index (χ0) is 16.1. The Kier molecular flexibility index (Phi) is 7.18. The predicted octanol–water partition coefficient (Wildman–Crippen LogP) is 2.81. The summed E-state index contributed by atoms with van der Waals surface area (Å²) >= 11 is 0. The zero-order valence-electron chi connectivity index (χ0n) is 14.2. The summed E-state index contributed by atoms with van der Waals surface area (Å²) in [4.78, 5) is 12.1. The number of halogens is 1. The molecule has 2 aliphatic rings. The lowest BCUT2D eigenvalue weighted by Gasteiger charge is -2.17. The Morgan fingerprint density at radius 3 is 2.67 bits per heavy atom. The smallest absolute Gasteiger partial charge is 0.237 e. The van der Waals surface area contributed by atoms with E-state index in [1.165, 1.54) is 12.8 Å². The van der Waals surface area contributed by atoms with Gasteiger partial charge in [0.25, 0.3) is 0 Å². The van der Waals surface area contributed by atoms with Crippen LogP contribution in [0.25, 0.3) is 0 Å². The number of amides is 1. The maximum atomic E-state index is 12.1. The van der Waals surface area contributed by atoms with Gasteiger partial charge in [-0.15, -0.1) is 12.4 Å². The summed E-state index contributed by atoms with van der Waals surface area (Å²) in [5.74, 6) is 1.62. The van der Waals surface area contributed by atoms with Crippen molar-refractivity contribution in [3.63, 3.8) is 0 Å². The summed E-state index contributed by atoms with van der Waals surface area (Å²) in [6, 6.07) is 5.84. The molecule has 1 saturated carbocycles. The van der Waals surface area contributed by atoms with Crippen molar-refractivity contribution in [3.8, 4) is 11.5 Å². The second kappa shape index (κ2) is 9.14. The molecule has 1 aliphatic heterocycles. The molecule has 0 bridgehead atoms. The number of benzene rings is 1. The van der Waals surface area contributed by atoms with E-state index in [1.54, 1.807) is 7.11 Å². The first-order valence-electron chi connectivity index (χ1n) is 8.61. The number of carbonyl (C=O) groups excluding carboxylic acids is 1. The maximum Gasteiger partial charge on any atom is 0.237 e. The van der Waals surface area contributed by atoms with Crippen LogP contribution in [-0.2, 0) is 11.3 Å². The van der Waals surface area contributed by atoms with Crippen molar-refractivity contribution >= 4 is 18.3 Å². The molecule has 134 valence electrons. The highest BCUT2D eigenvalue weighted by Crippen LogP contribution is 2.32. The van der Waals surface area contributed by atoms with Gasteiger partial charge in [0.05, 0.1) is 19.3 Å². The standard InChI is InChI=1S/C18H26N2O3.ClH/c1-22-16-9-8-13(11-17(16)23-14-5-2-3-6-14)12-20-18(21)15-7-4-10-19-15;/h8-9,11,14-15,19H,2-7,10,12H2,1H3,(H,20,21);1H. The van der Waals surface area contributed by atoms with Gasteiger partial charge in [-0.2, -0.15) is 0 Å². The number of methoxy groups -OCH3 is 1. The topological polar surface area (TPSA) is 59.6 Å². The third kappa shape index (κ3) is 4.77. The lowest BCUT2D eigenvalue weighted by atomic mass is 10.1. The van der Waals surface area contributed by atoms with E-state index in [0.717, 1.165) is 49.3 Å². The second-order valence-corrected chi connectivity index (χ2v) is 6.38. The van der Waals surface area contributed by atoms with E-state index in [0.29, 0.717) is 6.54 Å². The van der Waals surface area contributed by atoms with Crippen molar-refractivity contribution in [2.45, 2.75) is 57.2 Å². The van der Waals surface area contributed by atoms with Crippen molar-refractivity contribution in [1.29, 1.82) is 0 Å². The summed E-state index contributed by atoms with van der Waals surface area (Å²) in [6.07, 6.45) is 6.96. The Morgan fingerprint density at radius 1 is 1.21 bits per heavy atom. The number of hydrogen-bond acceptors (Lipinski definition) is 4. The van der Waals surface area contributed by atoms with Crippen LogP contribution in [0.3, 0.4) is 0 Å². The first-order chi connectivity index (χ1) is 11.3. The number of ether oxygens (including phenoxy) is 2. The minimum atomic E-state index is -0.0394. The van der Waals surface area contributed by atoms with Crippen LogP contribution in [0, 0.1) is 0 Å². The molecule has 6 heteroatoms. The second-order valence-electron chi connectivity index (χ2n) is 6.38. The molecule has 2 N–H and O–H groups in total. The molecule has 1 saturated heterocycles. The molecule has 0 spiro atoms. The number of hydrogen-bond donors (Lipinski definition) is 2. The Bertz CT molecular complexity index is 541. The van der Waals surface area contributed by atoms with Crippen molar-refractivity contribution < 1.29 is 14.3 Å².